The van der Waals surface area contributed by atoms with Gasteiger partial charge in [0.2, 0.25) is 0 Å². The molecule has 2 rings (SSSR count). The average molecular weight is 223 g/mol. The first-order valence-corrected chi connectivity index (χ1v) is 5.65. The van der Waals surface area contributed by atoms with E-state index in [0.29, 0.717) is 5.92 Å². The first-order chi connectivity index (χ1) is 7.72. The van der Waals surface area contributed by atoms with Gasteiger partial charge in [-0.3, -0.25) is 0 Å². The summed E-state index contributed by atoms with van der Waals surface area (Å²) in [5.74, 6) is 0.447. The molecule has 1 aromatic heterocycles. The van der Waals surface area contributed by atoms with Crippen molar-refractivity contribution in [2.24, 2.45) is 5.73 Å². The highest BCUT2D eigenvalue weighted by molar-refractivity contribution is 5.76. The number of carbonyl (C=O) groups is 1. The lowest BCUT2D eigenvalue weighted by molar-refractivity contribution is 0.246. The predicted molar refractivity (Wildman–Crippen MR) is 59.6 cm³/mol. The third kappa shape index (κ3) is 2.03. The molecule has 1 heterocycles. The number of imidazole rings is 1. The third-order valence-corrected chi connectivity index (χ3v) is 3.14. The third-order valence-electron chi connectivity index (χ3n) is 3.14. The fraction of sp³-hybridized carbons (Fsp3) is 0.636. The van der Waals surface area contributed by atoms with Gasteiger partial charge in [-0.15, -0.1) is 0 Å². The second-order valence-electron chi connectivity index (χ2n) is 4.20. The van der Waals surface area contributed by atoms with E-state index in [0.717, 1.165) is 18.5 Å². The van der Waals surface area contributed by atoms with Crippen LogP contribution in [0.25, 0.3) is 0 Å². The second kappa shape index (κ2) is 4.55. The summed E-state index contributed by atoms with van der Waals surface area (Å²) in [6, 6.07) is -0.264. The van der Waals surface area contributed by atoms with Crippen LogP contribution in [0.1, 0.15) is 43.7 Å². The fourth-order valence-corrected chi connectivity index (χ4v) is 2.28. The van der Waals surface area contributed by atoms with Crippen LogP contribution in [-0.2, 0) is 0 Å². The van der Waals surface area contributed by atoms with E-state index in [9.17, 15) is 4.79 Å². The van der Waals surface area contributed by atoms with Crippen molar-refractivity contribution >= 4 is 6.03 Å². The molecule has 0 aliphatic heterocycles. The van der Waals surface area contributed by atoms with Crippen LogP contribution in [0, 0.1) is 0 Å². The predicted octanol–water partition coefficient (Wildman–Crippen LogP) is 1.87. The molecule has 5 heteroatoms. The van der Waals surface area contributed by atoms with Crippen molar-refractivity contribution in [3.8, 4) is 6.01 Å². The number of hydrogen-bond donors (Lipinski definition) is 1. The van der Waals surface area contributed by atoms with Crippen LogP contribution in [0.3, 0.4) is 0 Å². The van der Waals surface area contributed by atoms with E-state index in [1.165, 1.54) is 30.9 Å². The molecule has 0 unspecified atom stereocenters. The molecule has 0 spiro atoms. The highest BCUT2D eigenvalue weighted by Gasteiger charge is 2.21. The Morgan fingerprint density at radius 1 is 1.50 bits per heavy atom. The summed E-state index contributed by atoms with van der Waals surface area (Å²) in [5, 5.41) is 0. The fourth-order valence-electron chi connectivity index (χ4n) is 2.28. The van der Waals surface area contributed by atoms with Crippen molar-refractivity contribution in [3.05, 3.63) is 11.9 Å². The van der Waals surface area contributed by atoms with E-state index in [1.54, 1.807) is 6.20 Å². The number of nitrogens with two attached hydrogens (primary N) is 1. The molecule has 2 N–H and O–H groups in total. The number of aromatic nitrogens is 2. The number of ether oxygens (including phenoxy) is 1. The van der Waals surface area contributed by atoms with Crippen molar-refractivity contribution in [1.29, 1.82) is 0 Å². The van der Waals surface area contributed by atoms with Crippen LogP contribution in [0.15, 0.2) is 6.20 Å². The Balaban J connectivity index is 2.24. The van der Waals surface area contributed by atoms with Gasteiger partial charge in [-0.05, 0) is 12.8 Å². The summed E-state index contributed by atoms with van der Waals surface area (Å²) in [7, 11) is 1.49. The van der Waals surface area contributed by atoms with Crippen molar-refractivity contribution in [3.63, 3.8) is 0 Å². The highest BCUT2D eigenvalue weighted by atomic mass is 16.5. The Morgan fingerprint density at radius 3 is 2.69 bits per heavy atom. The minimum absolute atomic E-state index is 0.285. The molecule has 0 bridgehead atoms. The monoisotopic (exact) mass is 223 g/mol. The van der Waals surface area contributed by atoms with Crippen LogP contribution in [-0.4, -0.2) is 22.7 Å². The zero-order chi connectivity index (χ0) is 11.5. The van der Waals surface area contributed by atoms with Crippen LogP contribution < -0.4 is 10.5 Å². The molecule has 5 nitrogen and oxygen atoms in total. The average Bonchev–Trinajstić information content (AvgIpc) is 2.74. The van der Waals surface area contributed by atoms with Gasteiger partial charge in [0.1, 0.15) is 0 Å². The Bertz CT molecular complexity index is 381. The number of rotatable bonds is 2. The highest BCUT2D eigenvalue weighted by Crippen LogP contribution is 2.32. The van der Waals surface area contributed by atoms with Crippen LogP contribution in [0.2, 0.25) is 0 Å². The van der Waals surface area contributed by atoms with Gasteiger partial charge in [-0.25, -0.2) is 9.36 Å². The normalized spacial score (nSPS) is 17.3. The number of hydrogen-bond acceptors (Lipinski definition) is 3. The molecule has 0 saturated heterocycles. The standard InChI is InChI=1S/C11H17N3O2/c1-16-11-13-9(7-14(11)10(12)15)8-5-3-2-4-6-8/h7-8H,2-6H2,1H3,(H2,12,15). The molecule has 1 aromatic rings. The number of nitrogens with zero attached hydrogens (tertiary/aromatic N) is 2. The van der Waals surface area contributed by atoms with E-state index in [2.05, 4.69) is 4.98 Å². The smallest absolute Gasteiger partial charge is 0.327 e. The number of amides is 1. The van der Waals surface area contributed by atoms with Gasteiger partial charge in [0.05, 0.1) is 12.8 Å². The molecule has 0 atom stereocenters. The molecule has 1 saturated carbocycles. The molecule has 1 aliphatic carbocycles. The Hall–Kier alpha value is -1.52. The van der Waals surface area contributed by atoms with E-state index >= 15 is 0 Å². The summed E-state index contributed by atoms with van der Waals surface area (Å²) >= 11 is 0. The summed E-state index contributed by atoms with van der Waals surface area (Å²) in [4.78, 5) is 15.5. The topological polar surface area (TPSA) is 70.1 Å². The lowest BCUT2D eigenvalue weighted by atomic mass is 9.87. The zero-order valence-corrected chi connectivity index (χ0v) is 9.48. The largest absolute Gasteiger partial charge is 0.468 e. The number of carbonyl (C=O) groups excluding carboxylic acids is 1. The summed E-state index contributed by atoms with van der Waals surface area (Å²) < 4.78 is 6.30. The maximum Gasteiger partial charge on any atom is 0.327 e. The van der Waals surface area contributed by atoms with E-state index in [4.69, 9.17) is 10.5 Å². The quantitative estimate of drug-likeness (QED) is 0.832. The molecular formula is C11H17N3O2. The second-order valence-corrected chi connectivity index (χ2v) is 4.20. The van der Waals surface area contributed by atoms with Gasteiger partial charge in [0.25, 0.3) is 0 Å². The zero-order valence-electron chi connectivity index (χ0n) is 9.48. The van der Waals surface area contributed by atoms with Crippen molar-refractivity contribution in [2.45, 2.75) is 38.0 Å². The number of methoxy groups -OCH3 is 1. The minimum atomic E-state index is -0.550. The first-order valence-electron chi connectivity index (χ1n) is 5.65. The maximum absolute atomic E-state index is 11.1. The van der Waals surface area contributed by atoms with Gasteiger partial charge in [0, 0.05) is 12.1 Å². The van der Waals surface area contributed by atoms with Crippen LogP contribution >= 0.6 is 0 Å². The van der Waals surface area contributed by atoms with Gasteiger partial charge in [-0.2, -0.15) is 4.98 Å². The summed E-state index contributed by atoms with van der Waals surface area (Å²) in [6.07, 6.45) is 7.74. The van der Waals surface area contributed by atoms with Crippen molar-refractivity contribution < 1.29 is 9.53 Å². The Labute approximate surface area is 94.6 Å². The molecule has 16 heavy (non-hydrogen) atoms. The molecule has 88 valence electrons. The Morgan fingerprint density at radius 2 is 2.19 bits per heavy atom. The molecule has 1 aliphatic rings. The summed E-state index contributed by atoms with van der Waals surface area (Å²) in [6.45, 7) is 0. The lowest BCUT2D eigenvalue weighted by Gasteiger charge is -2.19. The van der Waals surface area contributed by atoms with E-state index < -0.39 is 6.03 Å². The molecule has 1 fully saturated rings. The van der Waals surface area contributed by atoms with Crippen LogP contribution in [0.4, 0.5) is 4.79 Å². The van der Waals surface area contributed by atoms with Gasteiger partial charge in [0.15, 0.2) is 0 Å². The molecule has 0 radical (unpaired) electrons. The first kappa shape index (κ1) is 11.0. The van der Waals surface area contributed by atoms with Gasteiger partial charge >= 0.3 is 12.0 Å². The van der Waals surface area contributed by atoms with E-state index in [1.807, 2.05) is 0 Å². The minimum Gasteiger partial charge on any atom is -0.468 e. The van der Waals surface area contributed by atoms with Crippen LogP contribution in [0.5, 0.6) is 6.01 Å². The van der Waals surface area contributed by atoms with Gasteiger partial charge in [-0.1, -0.05) is 19.3 Å². The lowest BCUT2D eigenvalue weighted by Crippen LogP contribution is -2.19. The van der Waals surface area contributed by atoms with Gasteiger partial charge < -0.3 is 10.5 Å². The SMILES string of the molecule is COc1nc(C2CCCCC2)cn1C(N)=O. The van der Waals surface area contributed by atoms with Crippen molar-refractivity contribution in [1.82, 2.24) is 9.55 Å². The number of primary amides is 1. The molecular weight excluding hydrogens is 206 g/mol. The van der Waals surface area contributed by atoms with Crippen molar-refractivity contribution in [2.75, 3.05) is 7.11 Å². The molecule has 1 amide bonds. The Kier molecular flexibility index (Phi) is 3.12. The maximum atomic E-state index is 11.1. The summed E-state index contributed by atoms with van der Waals surface area (Å²) in [5.41, 5.74) is 6.16. The molecule has 0 aromatic carbocycles. The van der Waals surface area contributed by atoms with E-state index in [-0.39, 0.29) is 6.01 Å².